The van der Waals surface area contributed by atoms with E-state index >= 15 is 0 Å². The molecule has 0 saturated carbocycles. The molecule has 48 heavy (non-hydrogen) atoms. The van der Waals surface area contributed by atoms with Gasteiger partial charge >= 0.3 is 40.8 Å². The Morgan fingerprint density at radius 1 is 0.521 bits per heavy atom. The maximum absolute atomic E-state index is 4.83. The maximum atomic E-state index is 4.83. The van der Waals surface area contributed by atoms with E-state index in [0.29, 0.717) is 5.92 Å². The molecule has 0 fully saturated rings. The number of hydrogen-bond acceptors (Lipinski definition) is 4. The zero-order valence-corrected chi connectivity index (χ0v) is 37.2. The molecule has 10 heteroatoms. The summed E-state index contributed by atoms with van der Waals surface area (Å²) < 4.78 is 0. The summed E-state index contributed by atoms with van der Waals surface area (Å²) in [5.41, 5.74) is 15.8. The Balaban J connectivity index is 0. The minimum Gasteiger partial charge on any atom is -1.00 e. The van der Waals surface area contributed by atoms with Gasteiger partial charge in [0.2, 0.25) is 0 Å². The molecule has 0 bridgehead atoms. The molecule has 0 unspecified atom stereocenters. The Hall–Kier alpha value is -1.46. The van der Waals surface area contributed by atoms with Crippen LogP contribution >= 0.6 is 0 Å². The van der Waals surface area contributed by atoms with E-state index in [1.54, 1.807) is 12.4 Å². The molecule has 2 heterocycles. The summed E-state index contributed by atoms with van der Waals surface area (Å²) in [6, 6.07) is 25.4. The second kappa shape index (κ2) is 22.4. The van der Waals surface area contributed by atoms with Crippen LogP contribution in [0, 0.1) is 34.6 Å². The SMILES string of the molecule is Cc1cc(-c2c(C)ccc(C(C)C)c2-c2cc(C)c(N=Cc3ccccn3)c(C)c2)cc(C)c1N=Cc1ccccn1.[Br-].[Br-].[Br-].[Br-].[Pd+2].[Pd+2]. The number of aliphatic imine (C=N–C) groups is 2. The molecule has 0 spiro atoms. The van der Waals surface area contributed by atoms with E-state index in [4.69, 9.17) is 9.98 Å². The van der Waals surface area contributed by atoms with Gasteiger partial charge in [-0.2, -0.15) is 0 Å². The summed E-state index contributed by atoms with van der Waals surface area (Å²) in [4.78, 5) is 18.4. The van der Waals surface area contributed by atoms with Crippen LogP contribution in [0.2, 0.25) is 0 Å². The number of pyridine rings is 2. The molecule has 0 aliphatic rings. The van der Waals surface area contributed by atoms with Crippen molar-refractivity contribution < 1.29 is 109 Å². The van der Waals surface area contributed by atoms with Gasteiger partial charge in [-0.3, -0.25) is 20.0 Å². The molecule has 258 valence electrons. The van der Waals surface area contributed by atoms with Gasteiger partial charge in [-0.1, -0.05) is 38.1 Å². The number of hydrogen-bond donors (Lipinski definition) is 0. The fourth-order valence-electron chi connectivity index (χ4n) is 5.66. The van der Waals surface area contributed by atoms with E-state index in [1.807, 2.05) is 48.8 Å². The van der Waals surface area contributed by atoms with Crippen molar-refractivity contribution in [2.75, 3.05) is 0 Å². The topological polar surface area (TPSA) is 50.5 Å². The number of halogens is 4. The fourth-order valence-corrected chi connectivity index (χ4v) is 5.66. The van der Waals surface area contributed by atoms with Gasteiger partial charge < -0.3 is 67.9 Å². The Kier molecular flexibility index (Phi) is 22.7. The van der Waals surface area contributed by atoms with Gasteiger partial charge in [-0.15, -0.1) is 0 Å². The second-order valence-corrected chi connectivity index (χ2v) is 11.3. The van der Waals surface area contributed by atoms with Crippen molar-refractivity contribution in [3.05, 3.63) is 130 Å². The van der Waals surface area contributed by atoms with Gasteiger partial charge in [-0.25, -0.2) is 0 Å². The molecular formula is C38H38Br4N4Pd2. The van der Waals surface area contributed by atoms with Crippen LogP contribution in [0.25, 0.3) is 22.3 Å². The van der Waals surface area contributed by atoms with E-state index in [0.717, 1.165) is 45.0 Å². The molecule has 5 rings (SSSR count). The van der Waals surface area contributed by atoms with Crippen molar-refractivity contribution in [3.8, 4) is 22.3 Å². The van der Waals surface area contributed by atoms with Crippen molar-refractivity contribution in [1.82, 2.24) is 9.97 Å². The quantitative estimate of drug-likeness (QED) is 0.140. The monoisotopic (exact) mass is 1080 g/mol. The molecule has 3 aromatic carbocycles. The smallest absolute Gasteiger partial charge is 1.00 e. The van der Waals surface area contributed by atoms with E-state index in [-0.39, 0.29) is 109 Å². The van der Waals surface area contributed by atoms with Crippen molar-refractivity contribution in [3.63, 3.8) is 0 Å². The maximum Gasteiger partial charge on any atom is 2.00 e. The van der Waals surface area contributed by atoms with E-state index < -0.39 is 0 Å². The van der Waals surface area contributed by atoms with Crippen LogP contribution in [0.1, 0.15) is 64.5 Å². The van der Waals surface area contributed by atoms with Gasteiger partial charge in [0.15, 0.2) is 0 Å². The van der Waals surface area contributed by atoms with Crippen LogP contribution in [-0.4, -0.2) is 22.4 Å². The summed E-state index contributed by atoms with van der Waals surface area (Å²) in [7, 11) is 0. The molecule has 0 radical (unpaired) electrons. The molecule has 0 atom stereocenters. The fraction of sp³-hybridized carbons (Fsp3) is 0.211. The van der Waals surface area contributed by atoms with Crippen LogP contribution in [0.15, 0.2) is 95.2 Å². The van der Waals surface area contributed by atoms with Gasteiger partial charge in [0.25, 0.3) is 0 Å². The number of nitrogens with zero attached hydrogens (tertiary/aromatic N) is 4. The first kappa shape index (κ1) is 48.7. The largest absolute Gasteiger partial charge is 2.00 e. The molecule has 0 aliphatic carbocycles. The van der Waals surface area contributed by atoms with Gasteiger partial charge in [-0.05, 0) is 145 Å². The van der Waals surface area contributed by atoms with Crippen molar-refractivity contribution >= 4 is 23.8 Å². The van der Waals surface area contributed by atoms with Crippen molar-refractivity contribution in [1.29, 1.82) is 0 Å². The van der Waals surface area contributed by atoms with Crippen LogP contribution in [-0.2, 0) is 40.8 Å². The normalized spacial score (nSPS) is 10.2. The number of benzene rings is 3. The molecular weight excluding hydrogens is 1040 g/mol. The molecule has 0 N–H and O–H groups in total. The van der Waals surface area contributed by atoms with Gasteiger partial charge in [0, 0.05) is 12.4 Å². The Morgan fingerprint density at radius 3 is 1.27 bits per heavy atom. The first-order valence-electron chi connectivity index (χ1n) is 14.5. The average molecular weight is 1080 g/mol. The van der Waals surface area contributed by atoms with Crippen molar-refractivity contribution in [2.45, 2.75) is 54.4 Å². The van der Waals surface area contributed by atoms with Crippen LogP contribution in [0.5, 0.6) is 0 Å². The Bertz CT molecular complexity index is 1770. The first-order chi connectivity index (χ1) is 20.2. The minimum atomic E-state index is 0. The number of rotatable bonds is 7. The number of aromatic nitrogens is 2. The van der Waals surface area contributed by atoms with Crippen LogP contribution < -0.4 is 67.9 Å². The molecule has 0 aliphatic heterocycles. The van der Waals surface area contributed by atoms with Crippen molar-refractivity contribution in [2.24, 2.45) is 9.98 Å². The van der Waals surface area contributed by atoms with Gasteiger partial charge in [0.05, 0.1) is 35.2 Å². The summed E-state index contributed by atoms with van der Waals surface area (Å²) in [6.07, 6.45) is 7.27. The average Bonchev–Trinajstić information content (AvgIpc) is 2.97. The predicted octanol–water partition coefficient (Wildman–Crippen LogP) is -2.01. The predicted molar refractivity (Wildman–Crippen MR) is 178 cm³/mol. The second-order valence-electron chi connectivity index (χ2n) is 11.3. The zero-order valence-electron chi connectivity index (χ0n) is 27.7. The Labute approximate surface area is 355 Å². The molecule has 4 nitrogen and oxygen atoms in total. The summed E-state index contributed by atoms with van der Waals surface area (Å²) in [6.45, 7) is 15.3. The number of aryl methyl sites for hydroxylation is 5. The minimum absolute atomic E-state index is 0. The standard InChI is InChI=1S/C38H38N4.4BrH.2Pd/c1-24(2)34-15-14-25(3)35(30-18-26(4)37(27(5)19-30)41-22-32-12-8-10-16-39-32)36(34)31-20-28(6)38(29(7)21-31)42-23-33-13-9-11-17-40-33;;;;;;/h8-24H,1-7H3;4*1H;;/q;;;;;2*+2/p-4. The summed E-state index contributed by atoms with van der Waals surface area (Å²) >= 11 is 0. The third kappa shape index (κ3) is 11.5. The first-order valence-corrected chi connectivity index (χ1v) is 14.5. The molecule has 0 saturated heterocycles. The van der Waals surface area contributed by atoms with Crippen LogP contribution in [0.4, 0.5) is 11.4 Å². The van der Waals surface area contributed by atoms with E-state index in [2.05, 4.69) is 94.8 Å². The van der Waals surface area contributed by atoms with Crippen LogP contribution in [0.3, 0.4) is 0 Å². The molecule has 5 aromatic rings. The third-order valence-corrected chi connectivity index (χ3v) is 7.65. The molecule has 0 amide bonds. The van der Waals surface area contributed by atoms with E-state index in [1.165, 1.54) is 33.4 Å². The summed E-state index contributed by atoms with van der Waals surface area (Å²) in [5.74, 6) is 0.367. The summed E-state index contributed by atoms with van der Waals surface area (Å²) in [5, 5.41) is 0. The van der Waals surface area contributed by atoms with E-state index in [9.17, 15) is 0 Å². The molecule has 2 aromatic heterocycles. The zero-order chi connectivity index (χ0) is 29.8. The van der Waals surface area contributed by atoms with Gasteiger partial charge in [0.1, 0.15) is 0 Å². The third-order valence-electron chi connectivity index (χ3n) is 7.65. The Morgan fingerprint density at radius 2 is 0.917 bits per heavy atom.